The first-order valence-electron chi connectivity index (χ1n) is 8.83. The Labute approximate surface area is 150 Å². The lowest BCUT2D eigenvalue weighted by molar-refractivity contribution is -0.128. The van der Waals surface area contributed by atoms with E-state index in [-0.39, 0.29) is 5.91 Å². The van der Waals surface area contributed by atoms with Gasteiger partial charge in [0.25, 0.3) is 5.91 Å². The van der Waals surface area contributed by atoms with Crippen LogP contribution in [0.5, 0.6) is 11.5 Å². The van der Waals surface area contributed by atoms with Crippen molar-refractivity contribution in [1.29, 1.82) is 0 Å². The Hall–Kier alpha value is -2.49. The van der Waals surface area contributed by atoms with E-state index >= 15 is 0 Å². The molecule has 2 aromatic carbocycles. The smallest absolute Gasteiger partial charge is 0.261 e. The van der Waals surface area contributed by atoms with Gasteiger partial charge >= 0.3 is 0 Å². The Bertz CT molecular complexity index is 655. The van der Waals surface area contributed by atoms with Crippen molar-refractivity contribution in [3.8, 4) is 11.5 Å². The van der Waals surface area contributed by atoms with Crippen LogP contribution in [-0.4, -0.2) is 25.2 Å². The first kappa shape index (κ1) is 18.8. The molecule has 1 atom stereocenters. The summed E-state index contributed by atoms with van der Waals surface area (Å²) in [6, 6.07) is 17.4. The van der Waals surface area contributed by atoms with Gasteiger partial charge in [-0.1, -0.05) is 57.2 Å². The fraction of sp³-hybridized carbons (Fsp3) is 0.381. The van der Waals surface area contributed by atoms with Crippen molar-refractivity contribution in [3.63, 3.8) is 0 Å². The predicted molar refractivity (Wildman–Crippen MR) is 100 cm³/mol. The van der Waals surface area contributed by atoms with E-state index in [1.807, 2.05) is 55.5 Å². The molecule has 0 fully saturated rings. The number of hydrogen-bond acceptors (Lipinski definition) is 3. The van der Waals surface area contributed by atoms with Crippen LogP contribution in [-0.2, 0) is 4.79 Å². The molecular formula is C21H27NO3. The van der Waals surface area contributed by atoms with Crippen molar-refractivity contribution < 1.29 is 14.3 Å². The third-order valence-electron chi connectivity index (χ3n) is 3.88. The van der Waals surface area contributed by atoms with E-state index < -0.39 is 6.10 Å². The summed E-state index contributed by atoms with van der Waals surface area (Å²) >= 11 is 0. The van der Waals surface area contributed by atoms with Gasteiger partial charge in [0, 0.05) is 0 Å². The number of amides is 1. The first-order chi connectivity index (χ1) is 12.1. The minimum absolute atomic E-state index is 0.118. The molecule has 25 heavy (non-hydrogen) atoms. The molecule has 0 heterocycles. The maximum Gasteiger partial charge on any atom is 0.261 e. The van der Waals surface area contributed by atoms with Gasteiger partial charge in [0.2, 0.25) is 0 Å². The quantitative estimate of drug-likeness (QED) is 0.697. The Balaban J connectivity index is 1.79. The molecular weight excluding hydrogens is 314 g/mol. The van der Waals surface area contributed by atoms with Crippen LogP contribution in [0, 0.1) is 0 Å². The van der Waals surface area contributed by atoms with Crippen LogP contribution in [0.4, 0.5) is 0 Å². The van der Waals surface area contributed by atoms with Gasteiger partial charge in [-0.25, -0.2) is 0 Å². The van der Waals surface area contributed by atoms with Gasteiger partial charge in [-0.05, 0) is 36.1 Å². The Morgan fingerprint density at radius 1 is 1.04 bits per heavy atom. The van der Waals surface area contributed by atoms with Gasteiger partial charge in [0.1, 0.15) is 18.1 Å². The maximum atomic E-state index is 12.3. The molecule has 0 saturated carbocycles. The van der Waals surface area contributed by atoms with Crippen molar-refractivity contribution in [1.82, 2.24) is 5.32 Å². The van der Waals surface area contributed by atoms with E-state index in [0.717, 1.165) is 5.75 Å². The molecule has 0 radical (unpaired) electrons. The maximum absolute atomic E-state index is 12.3. The molecule has 0 spiro atoms. The highest BCUT2D eigenvalue weighted by atomic mass is 16.5. The number of rotatable bonds is 9. The largest absolute Gasteiger partial charge is 0.491 e. The monoisotopic (exact) mass is 341 g/mol. The third-order valence-corrected chi connectivity index (χ3v) is 3.88. The van der Waals surface area contributed by atoms with E-state index in [9.17, 15) is 4.79 Å². The highest BCUT2D eigenvalue weighted by molar-refractivity contribution is 5.81. The zero-order valence-electron chi connectivity index (χ0n) is 15.2. The second-order valence-corrected chi connectivity index (χ2v) is 6.16. The summed E-state index contributed by atoms with van der Waals surface area (Å²) in [5.74, 6) is 1.85. The van der Waals surface area contributed by atoms with Gasteiger partial charge in [0.15, 0.2) is 6.10 Å². The van der Waals surface area contributed by atoms with Crippen LogP contribution in [0.1, 0.15) is 38.7 Å². The molecule has 0 aliphatic heterocycles. The summed E-state index contributed by atoms with van der Waals surface area (Å²) in [6.45, 7) is 7.08. The minimum Gasteiger partial charge on any atom is -0.491 e. The average molecular weight is 341 g/mol. The number of para-hydroxylation sites is 2. The predicted octanol–water partition coefficient (Wildman–Crippen LogP) is 4.16. The fourth-order valence-corrected chi connectivity index (χ4v) is 2.52. The molecule has 1 amide bonds. The molecule has 0 aliphatic carbocycles. The zero-order chi connectivity index (χ0) is 18.1. The van der Waals surface area contributed by atoms with Crippen molar-refractivity contribution in [2.75, 3.05) is 13.2 Å². The van der Waals surface area contributed by atoms with E-state index in [4.69, 9.17) is 9.47 Å². The number of carbonyl (C=O) groups excluding carboxylic acids is 1. The standard InChI is InChI=1S/C21H27NO3/c1-4-19(25-17-10-6-5-7-11-17)21(23)22-14-15-24-20-13-9-8-12-18(20)16(2)3/h5-13,16,19H,4,14-15H2,1-3H3,(H,22,23)/t19-/m1/s1. The third kappa shape index (κ3) is 5.82. The average Bonchev–Trinajstić information content (AvgIpc) is 2.64. The van der Waals surface area contributed by atoms with E-state index in [1.165, 1.54) is 5.56 Å². The molecule has 0 unspecified atom stereocenters. The van der Waals surface area contributed by atoms with Crippen molar-refractivity contribution in [2.45, 2.75) is 39.2 Å². The molecule has 4 nitrogen and oxygen atoms in total. The fourth-order valence-electron chi connectivity index (χ4n) is 2.52. The molecule has 0 saturated heterocycles. The molecule has 2 rings (SSSR count). The second kappa shape index (κ2) is 9.72. The summed E-state index contributed by atoms with van der Waals surface area (Å²) in [5, 5.41) is 2.88. The second-order valence-electron chi connectivity index (χ2n) is 6.16. The Kier molecular flexibility index (Phi) is 7.33. The van der Waals surface area contributed by atoms with Gasteiger partial charge in [-0.2, -0.15) is 0 Å². The van der Waals surface area contributed by atoms with E-state index in [0.29, 0.717) is 31.2 Å². The number of hydrogen-bond donors (Lipinski definition) is 1. The SMILES string of the molecule is CC[C@@H](Oc1ccccc1)C(=O)NCCOc1ccccc1C(C)C. The van der Waals surface area contributed by atoms with Crippen LogP contribution in [0.3, 0.4) is 0 Å². The van der Waals surface area contributed by atoms with E-state index in [1.54, 1.807) is 0 Å². The summed E-state index contributed by atoms with van der Waals surface area (Å²) in [7, 11) is 0. The summed E-state index contributed by atoms with van der Waals surface area (Å²) in [4.78, 5) is 12.3. The lowest BCUT2D eigenvalue weighted by atomic mass is 10.0. The molecule has 0 bridgehead atoms. The van der Waals surface area contributed by atoms with Crippen LogP contribution in [0.25, 0.3) is 0 Å². The number of carbonyl (C=O) groups is 1. The zero-order valence-corrected chi connectivity index (χ0v) is 15.2. The molecule has 0 aliphatic rings. The molecule has 134 valence electrons. The summed E-state index contributed by atoms with van der Waals surface area (Å²) in [5.41, 5.74) is 1.17. The normalized spacial score (nSPS) is 11.8. The highest BCUT2D eigenvalue weighted by Crippen LogP contribution is 2.25. The van der Waals surface area contributed by atoms with Crippen LogP contribution >= 0.6 is 0 Å². The lowest BCUT2D eigenvalue weighted by Crippen LogP contribution is -2.39. The first-order valence-corrected chi connectivity index (χ1v) is 8.83. The summed E-state index contributed by atoms with van der Waals surface area (Å²) < 4.78 is 11.6. The minimum atomic E-state index is -0.495. The van der Waals surface area contributed by atoms with Gasteiger partial charge in [-0.3, -0.25) is 4.79 Å². The lowest BCUT2D eigenvalue weighted by Gasteiger charge is -2.18. The van der Waals surface area contributed by atoms with Crippen LogP contribution in [0.2, 0.25) is 0 Å². The van der Waals surface area contributed by atoms with Crippen molar-refractivity contribution in [3.05, 3.63) is 60.2 Å². The molecule has 0 aromatic heterocycles. The molecule has 1 N–H and O–H groups in total. The molecule has 4 heteroatoms. The Morgan fingerprint density at radius 3 is 2.40 bits per heavy atom. The Morgan fingerprint density at radius 2 is 1.72 bits per heavy atom. The summed E-state index contributed by atoms with van der Waals surface area (Å²) in [6.07, 6.45) is 0.114. The van der Waals surface area contributed by atoms with Crippen molar-refractivity contribution >= 4 is 5.91 Å². The van der Waals surface area contributed by atoms with Gasteiger partial charge < -0.3 is 14.8 Å². The van der Waals surface area contributed by atoms with E-state index in [2.05, 4.69) is 25.2 Å². The van der Waals surface area contributed by atoms with Crippen LogP contribution in [0.15, 0.2) is 54.6 Å². The number of benzene rings is 2. The van der Waals surface area contributed by atoms with Crippen LogP contribution < -0.4 is 14.8 Å². The van der Waals surface area contributed by atoms with Gasteiger partial charge in [-0.15, -0.1) is 0 Å². The topological polar surface area (TPSA) is 47.6 Å². The number of ether oxygens (including phenoxy) is 2. The number of nitrogens with one attached hydrogen (secondary N) is 1. The van der Waals surface area contributed by atoms with Crippen molar-refractivity contribution in [2.24, 2.45) is 0 Å². The highest BCUT2D eigenvalue weighted by Gasteiger charge is 2.17. The van der Waals surface area contributed by atoms with Gasteiger partial charge in [0.05, 0.1) is 6.54 Å². The molecule has 2 aromatic rings.